The van der Waals surface area contributed by atoms with Crippen molar-refractivity contribution in [2.75, 3.05) is 6.61 Å². The Kier molecular flexibility index (Phi) is 5.12. The first kappa shape index (κ1) is 14.5. The van der Waals surface area contributed by atoms with E-state index >= 15 is 0 Å². The number of hydrogen-bond donors (Lipinski definition) is 2. The van der Waals surface area contributed by atoms with Crippen LogP contribution in [0.15, 0.2) is 30.3 Å². The van der Waals surface area contributed by atoms with Crippen LogP contribution >= 0.6 is 0 Å². The minimum atomic E-state index is -0.683. The van der Waals surface area contributed by atoms with Gasteiger partial charge in [-0.15, -0.1) is 0 Å². The summed E-state index contributed by atoms with van der Waals surface area (Å²) in [7, 11) is 0. The highest BCUT2D eigenvalue weighted by molar-refractivity contribution is 5.66. The van der Waals surface area contributed by atoms with Gasteiger partial charge in [-0.2, -0.15) is 5.48 Å². The molecule has 1 atom stereocenters. The molecular formula is C13H19NO4. The molecule has 0 aliphatic rings. The Balaban J connectivity index is 2.48. The second-order valence-corrected chi connectivity index (χ2v) is 4.80. The van der Waals surface area contributed by atoms with E-state index in [1.165, 1.54) is 0 Å². The van der Waals surface area contributed by atoms with Gasteiger partial charge in [-0.1, -0.05) is 30.3 Å². The minimum Gasteiger partial charge on any atom is -0.442 e. The van der Waals surface area contributed by atoms with Gasteiger partial charge >= 0.3 is 6.09 Å². The van der Waals surface area contributed by atoms with E-state index in [1.807, 2.05) is 18.2 Å². The summed E-state index contributed by atoms with van der Waals surface area (Å²) in [5.74, 6) is 0. The topological polar surface area (TPSA) is 67.8 Å². The Morgan fingerprint density at radius 1 is 1.33 bits per heavy atom. The number of amides is 1. The largest absolute Gasteiger partial charge is 0.442 e. The molecule has 1 amide bonds. The van der Waals surface area contributed by atoms with Crippen LogP contribution in [0.25, 0.3) is 0 Å². The summed E-state index contributed by atoms with van der Waals surface area (Å²) in [6.45, 7) is 5.04. The Hall–Kier alpha value is -1.59. The van der Waals surface area contributed by atoms with E-state index in [9.17, 15) is 9.90 Å². The Morgan fingerprint density at radius 3 is 2.44 bits per heavy atom. The summed E-state index contributed by atoms with van der Waals surface area (Å²) in [5.41, 5.74) is 2.35. The summed E-state index contributed by atoms with van der Waals surface area (Å²) < 4.78 is 5.01. The number of carbonyl (C=O) groups excluding carboxylic acids is 1. The molecule has 0 spiro atoms. The number of benzene rings is 1. The van der Waals surface area contributed by atoms with Crippen LogP contribution in [0.3, 0.4) is 0 Å². The van der Waals surface area contributed by atoms with Gasteiger partial charge in [0.1, 0.15) is 11.7 Å². The van der Waals surface area contributed by atoms with Crippen molar-refractivity contribution in [3.05, 3.63) is 35.9 Å². The van der Waals surface area contributed by atoms with Crippen LogP contribution in [0.5, 0.6) is 0 Å². The van der Waals surface area contributed by atoms with Gasteiger partial charge in [-0.05, 0) is 26.3 Å². The lowest BCUT2D eigenvalue weighted by Crippen LogP contribution is -2.34. The maximum Gasteiger partial charge on any atom is 0.431 e. The summed E-state index contributed by atoms with van der Waals surface area (Å²) in [5, 5.41) is 9.21. The number of carbonyl (C=O) groups is 1. The zero-order chi connectivity index (χ0) is 13.6. The highest BCUT2D eigenvalue weighted by atomic mass is 16.7. The maximum absolute atomic E-state index is 11.4. The first-order valence-corrected chi connectivity index (χ1v) is 5.73. The lowest BCUT2D eigenvalue weighted by molar-refractivity contribution is -0.0610. The molecule has 100 valence electrons. The Labute approximate surface area is 107 Å². The summed E-state index contributed by atoms with van der Waals surface area (Å²) in [4.78, 5) is 16.5. The van der Waals surface area contributed by atoms with Crippen LogP contribution in [-0.2, 0) is 9.57 Å². The van der Waals surface area contributed by atoms with Crippen LogP contribution in [0.2, 0.25) is 0 Å². The van der Waals surface area contributed by atoms with Crippen LogP contribution in [0.1, 0.15) is 32.4 Å². The molecule has 2 N–H and O–H groups in total. The van der Waals surface area contributed by atoms with Crippen LogP contribution in [0.4, 0.5) is 4.79 Å². The van der Waals surface area contributed by atoms with Crippen LogP contribution in [-0.4, -0.2) is 23.4 Å². The average Bonchev–Trinajstić information content (AvgIpc) is 2.29. The van der Waals surface area contributed by atoms with Gasteiger partial charge in [0.2, 0.25) is 0 Å². The molecule has 1 unspecified atom stereocenters. The van der Waals surface area contributed by atoms with E-state index in [1.54, 1.807) is 32.9 Å². The maximum atomic E-state index is 11.4. The average molecular weight is 253 g/mol. The predicted molar refractivity (Wildman–Crippen MR) is 66.7 cm³/mol. The smallest absolute Gasteiger partial charge is 0.431 e. The monoisotopic (exact) mass is 253 g/mol. The summed E-state index contributed by atoms with van der Waals surface area (Å²) in [6, 6.07) is 9.12. The molecular weight excluding hydrogens is 234 g/mol. The predicted octanol–water partition coefficient (Wildman–Crippen LogP) is 2.18. The fraction of sp³-hybridized carbons (Fsp3) is 0.462. The number of aliphatic hydroxyl groups excluding tert-OH is 1. The second-order valence-electron chi connectivity index (χ2n) is 4.80. The van der Waals surface area contributed by atoms with Crippen molar-refractivity contribution >= 4 is 6.09 Å². The molecule has 0 aromatic heterocycles. The SMILES string of the molecule is CC(C)(C)OC(=O)NOC(CO)c1ccccc1. The van der Waals surface area contributed by atoms with E-state index in [4.69, 9.17) is 9.57 Å². The number of aliphatic hydroxyl groups is 1. The number of ether oxygens (including phenoxy) is 1. The number of hydroxylamine groups is 1. The molecule has 0 bridgehead atoms. The molecule has 0 fully saturated rings. The van der Waals surface area contributed by atoms with E-state index in [-0.39, 0.29) is 6.61 Å². The van der Waals surface area contributed by atoms with Gasteiger partial charge in [0.15, 0.2) is 0 Å². The fourth-order valence-corrected chi connectivity index (χ4v) is 1.30. The molecule has 0 radical (unpaired) electrons. The van der Waals surface area contributed by atoms with Gasteiger partial charge in [0.05, 0.1) is 6.61 Å². The van der Waals surface area contributed by atoms with E-state index in [0.717, 1.165) is 5.56 Å². The van der Waals surface area contributed by atoms with Gasteiger partial charge in [-0.25, -0.2) is 4.79 Å². The Bertz CT molecular complexity index is 372. The quantitative estimate of drug-likeness (QED) is 0.807. The molecule has 0 saturated heterocycles. The fourth-order valence-electron chi connectivity index (χ4n) is 1.30. The summed E-state index contributed by atoms with van der Waals surface area (Å²) >= 11 is 0. The van der Waals surface area contributed by atoms with Crippen LogP contribution in [0, 0.1) is 0 Å². The standard InChI is InChI=1S/C13H19NO4/c1-13(2,3)17-12(16)14-18-11(9-15)10-7-5-4-6-8-10/h4-8,11,15H,9H2,1-3H3,(H,14,16). The van der Waals surface area contributed by atoms with Gasteiger partial charge < -0.3 is 9.84 Å². The third-order valence-electron chi connectivity index (χ3n) is 2.02. The zero-order valence-electron chi connectivity index (χ0n) is 10.8. The second kappa shape index (κ2) is 6.37. The van der Waals surface area contributed by atoms with Gasteiger partial charge in [0, 0.05) is 0 Å². The molecule has 1 rings (SSSR count). The molecule has 5 heteroatoms. The Morgan fingerprint density at radius 2 is 1.94 bits per heavy atom. The highest BCUT2D eigenvalue weighted by Crippen LogP contribution is 2.15. The number of hydrogen-bond acceptors (Lipinski definition) is 4. The highest BCUT2D eigenvalue weighted by Gasteiger charge is 2.18. The molecule has 1 aromatic carbocycles. The van der Waals surface area contributed by atoms with E-state index in [0.29, 0.717) is 0 Å². The van der Waals surface area contributed by atoms with Crippen molar-refractivity contribution < 1.29 is 19.5 Å². The lowest BCUT2D eigenvalue weighted by Gasteiger charge is -2.21. The van der Waals surface area contributed by atoms with E-state index < -0.39 is 17.8 Å². The molecule has 5 nitrogen and oxygen atoms in total. The third-order valence-corrected chi connectivity index (χ3v) is 2.02. The zero-order valence-corrected chi connectivity index (χ0v) is 10.8. The number of rotatable bonds is 4. The molecule has 0 saturated carbocycles. The minimum absolute atomic E-state index is 0.236. The lowest BCUT2D eigenvalue weighted by atomic mass is 10.1. The third kappa shape index (κ3) is 5.16. The molecule has 0 aliphatic carbocycles. The van der Waals surface area contributed by atoms with Gasteiger partial charge in [0.25, 0.3) is 0 Å². The van der Waals surface area contributed by atoms with Crippen molar-refractivity contribution in [2.24, 2.45) is 0 Å². The van der Waals surface area contributed by atoms with Crippen molar-refractivity contribution in [3.63, 3.8) is 0 Å². The van der Waals surface area contributed by atoms with Crippen molar-refractivity contribution in [3.8, 4) is 0 Å². The molecule has 18 heavy (non-hydrogen) atoms. The molecule has 1 aromatic rings. The molecule has 0 aliphatic heterocycles. The van der Waals surface area contributed by atoms with Crippen molar-refractivity contribution in [1.82, 2.24) is 5.48 Å². The molecule has 0 heterocycles. The normalized spacial score (nSPS) is 12.9. The van der Waals surface area contributed by atoms with Gasteiger partial charge in [-0.3, -0.25) is 4.84 Å². The first-order valence-electron chi connectivity index (χ1n) is 5.73. The van der Waals surface area contributed by atoms with Crippen molar-refractivity contribution in [2.45, 2.75) is 32.5 Å². The number of nitrogens with one attached hydrogen (secondary N) is 1. The van der Waals surface area contributed by atoms with Crippen molar-refractivity contribution in [1.29, 1.82) is 0 Å². The van der Waals surface area contributed by atoms with Crippen LogP contribution < -0.4 is 5.48 Å². The van der Waals surface area contributed by atoms with E-state index in [2.05, 4.69) is 5.48 Å². The first-order chi connectivity index (χ1) is 8.42. The summed E-state index contributed by atoms with van der Waals surface area (Å²) in [6.07, 6.45) is -1.30.